The molecule has 0 aliphatic rings. The van der Waals surface area contributed by atoms with Crippen molar-refractivity contribution in [3.63, 3.8) is 0 Å². The van der Waals surface area contributed by atoms with E-state index < -0.39 is 5.97 Å². The average Bonchev–Trinajstić information content (AvgIpc) is 3.05. The molecule has 102 valence electrons. The Morgan fingerprint density at radius 2 is 2.30 bits per heavy atom. The van der Waals surface area contributed by atoms with Crippen molar-refractivity contribution >= 4 is 34.4 Å². The average molecular weight is 288 g/mol. The van der Waals surface area contributed by atoms with Crippen LogP contribution in [0.15, 0.2) is 40.1 Å². The third-order valence-corrected chi connectivity index (χ3v) is 3.78. The molecule has 0 unspecified atom stereocenters. The van der Waals surface area contributed by atoms with Gasteiger partial charge in [0.15, 0.2) is 5.58 Å². The third kappa shape index (κ3) is 2.37. The number of carbonyl (C=O) groups is 1. The molecular weight excluding hydrogens is 276 g/mol. The van der Waals surface area contributed by atoms with Crippen LogP contribution in [0.5, 0.6) is 0 Å². The van der Waals surface area contributed by atoms with Crippen molar-refractivity contribution in [2.24, 2.45) is 0 Å². The highest BCUT2D eigenvalue weighted by molar-refractivity contribution is 7.09. The maximum Gasteiger partial charge on any atom is 0.335 e. The Labute approximate surface area is 119 Å². The van der Waals surface area contributed by atoms with E-state index in [0.717, 1.165) is 0 Å². The first-order chi connectivity index (χ1) is 9.63. The summed E-state index contributed by atoms with van der Waals surface area (Å²) < 4.78 is 5.63. The summed E-state index contributed by atoms with van der Waals surface area (Å²) in [6.45, 7) is 0.705. The standard InChI is InChI=1S/C14H12N2O3S/c1-16(8-10-3-2-6-20-10)14-15-11-5-4-9(13(17)18)7-12(11)19-14/h2-7H,8H2,1H3,(H,17,18). The van der Waals surface area contributed by atoms with Gasteiger partial charge in [-0.1, -0.05) is 6.07 Å². The zero-order valence-electron chi connectivity index (χ0n) is 10.7. The van der Waals surface area contributed by atoms with E-state index in [1.54, 1.807) is 17.4 Å². The van der Waals surface area contributed by atoms with E-state index in [0.29, 0.717) is 23.7 Å². The summed E-state index contributed by atoms with van der Waals surface area (Å²) in [5.74, 6) is -0.975. The summed E-state index contributed by atoms with van der Waals surface area (Å²) in [5.41, 5.74) is 1.34. The van der Waals surface area contributed by atoms with Gasteiger partial charge in [0.25, 0.3) is 6.01 Å². The van der Waals surface area contributed by atoms with Crippen molar-refractivity contribution < 1.29 is 14.3 Å². The van der Waals surface area contributed by atoms with Crippen molar-refractivity contribution in [2.45, 2.75) is 6.54 Å². The monoisotopic (exact) mass is 288 g/mol. The molecule has 0 aliphatic carbocycles. The summed E-state index contributed by atoms with van der Waals surface area (Å²) in [5, 5.41) is 11.0. The Morgan fingerprint density at radius 1 is 1.45 bits per heavy atom. The molecule has 0 atom stereocenters. The number of anilines is 1. The number of thiophene rings is 1. The number of rotatable bonds is 4. The number of carboxylic acid groups (broad SMARTS) is 1. The van der Waals surface area contributed by atoms with E-state index in [-0.39, 0.29) is 5.56 Å². The molecule has 5 nitrogen and oxygen atoms in total. The highest BCUT2D eigenvalue weighted by Gasteiger charge is 2.13. The van der Waals surface area contributed by atoms with Gasteiger partial charge in [-0.05, 0) is 29.6 Å². The Bertz CT molecular complexity index is 749. The molecule has 2 heterocycles. The van der Waals surface area contributed by atoms with Crippen LogP contribution in [0.4, 0.5) is 6.01 Å². The number of carboxylic acids is 1. The molecular formula is C14H12N2O3S. The van der Waals surface area contributed by atoms with Crippen LogP contribution in [-0.2, 0) is 6.54 Å². The molecule has 0 amide bonds. The van der Waals surface area contributed by atoms with Crippen molar-refractivity contribution in [1.29, 1.82) is 0 Å². The van der Waals surface area contributed by atoms with Crippen LogP contribution in [0, 0.1) is 0 Å². The van der Waals surface area contributed by atoms with Crippen LogP contribution >= 0.6 is 11.3 Å². The number of oxazole rings is 1. The molecule has 0 radical (unpaired) electrons. The van der Waals surface area contributed by atoms with Gasteiger partial charge in [-0.2, -0.15) is 4.98 Å². The molecule has 1 aromatic carbocycles. The van der Waals surface area contributed by atoms with Gasteiger partial charge in [-0.15, -0.1) is 11.3 Å². The first-order valence-electron chi connectivity index (χ1n) is 6.01. The number of fused-ring (bicyclic) bond motifs is 1. The molecule has 2 aromatic heterocycles. The van der Waals surface area contributed by atoms with Gasteiger partial charge in [0.05, 0.1) is 12.1 Å². The zero-order valence-corrected chi connectivity index (χ0v) is 11.6. The topological polar surface area (TPSA) is 66.6 Å². The predicted octanol–water partition coefficient (Wildman–Crippen LogP) is 3.22. The van der Waals surface area contributed by atoms with Gasteiger partial charge in [-0.25, -0.2) is 4.79 Å². The predicted molar refractivity (Wildman–Crippen MR) is 77.4 cm³/mol. The molecule has 3 rings (SSSR count). The molecule has 0 spiro atoms. The van der Waals surface area contributed by atoms with Gasteiger partial charge in [0.2, 0.25) is 0 Å². The Morgan fingerprint density at radius 3 is 3.00 bits per heavy atom. The maximum absolute atomic E-state index is 10.9. The summed E-state index contributed by atoms with van der Waals surface area (Å²) in [6, 6.07) is 9.20. The first kappa shape index (κ1) is 12.7. The lowest BCUT2D eigenvalue weighted by atomic mass is 10.2. The molecule has 3 aromatic rings. The van der Waals surface area contributed by atoms with E-state index in [1.807, 2.05) is 29.5 Å². The van der Waals surface area contributed by atoms with Gasteiger partial charge in [0.1, 0.15) is 5.52 Å². The fraction of sp³-hybridized carbons (Fsp3) is 0.143. The first-order valence-corrected chi connectivity index (χ1v) is 6.89. The molecule has 0 aliphatic heterocycles. The number of hydrogen-bond donors (Lipinski definition) is 1. The second-order valence-electron chi connectivity index (χ2n) is 4.42. The summed E-state index contributed by atoms with van der Waals surface area (Å²) in [7, 11) is 1.89. The summed E-state index contributed by atoms with van der Waals surface area (Å²) in [4.78, 5) is 18.4. The minimum atomic E-state index is -0.975. The fourth-order valence-electron chi connectivity index (χ4n) is 1.91. The number of nitrogens with zero attached hydrogens (tertiary/aromatic N) is 2. The third-order valence-electron chi connectivity index (χ3n) is 2.92. The lowest BCUT2D eigenvalue weighted by Crippen LogP contribution is -2.15. The van der Waals surface area contributed by atoms with Crippen LogP contribution in [0.2, 0.25) is 0 Å². The quantitative estimate of drug-likeness (QED) is 0.798. The van der Waals surface area contributed by atoms with Gasteiger partial charge >= 0.3 is 5.97 Å². The maximum atomic E-state index is 10.9. The fourth-order valence-corrected chi connectivity index (χ4v) is 2.67. The van der Waals surface area contributed by atoms with E-state index in [2.05, 4.69) is 4.98 Å². The molecule has 0 fully saturated rings. The van der Waals surface area contributed by atoms with Crippen LogP contribution in [-0.4, -0.2) is 23.1 Å². The Hall–Kier alpha value is -2.34. The smallest absolute Gasteiger partial charge is 0.335 e. The molecule has 0 saturated carbocycles. The highest BCUT2D eigenvalue weighted by Crippen LogP contribution is 2.24. The van der Waals surface area contributed by atoms with Gasteiger partial charge in [0, 0.05) is 11.9 Å². The Balaban J connectivity index is 1.90. The minimum absolute atomic E-state index is 0.195. The highest BCUT2D eigenvalue weighted by atomic mass is 32.1. The van der Waals surface area contributed by atoms with Crippen molar-refractivity contribution in [3.8, 4) is 0 Å². The largest absolute Gasteiger partial charge is 0.478 e. The van der Waals surface area contributed by atoms with Crippen LogP contribution in [0.3, 0.4) is 0 Å². The second kappa shape index (κ2) is 4.97. The van der Waals surface area contributed by atoms with Crippen molar-refractivity contribution in [2.75, 3.05) is 11.9 Å². The number of hydrogen-bond acceptors (Lipinski definition) is 5. The lowest BCUT2D eigenvalue weighted by molar-refractivity contribution is 0.0697. The normalized spacial score (nSPS) is 10.8. The zero-order chi connectivity index (χ0) is 14.1. The van der Waals surface area contributed by atoms with E-state index in [4.69, 9.17) is 9.52 Å². The molecule has 20 heavy (non-hydrogen) atoms. The number of aromatic carboxylic acids is 1. The van der Waals surface area contributed by atoms with Crippen LogP contribution < -0.4 is 4.90 Å². The van der Waals surface area contributed by atoms with Crippen LogP contribution in [0.1, 0.15) is 15.2 Å². The molecule has 0 saturated heterocycles. The minimum Gasteiger partial charge on any atom is -0.478 e. The second-order valence-corrected chi connectivity index (χ2v) is 5.45. The van der Waals surface area contributed by atoms with Gasteiger partial charge in [-0.3, -0.25) is 0 Å². The van der Waals surface area contributed by atoms with Crippen molar-refractivity contribution in [1.82, 2.24) is 4.98 Å². The van der Waals surface area contributed by atoms with E-state index in [1.165, 1.54) is 17.0 Å². The molecule has 6 heteroatoms. The van der Waals surface area contributed by atoms with Crippen LogP contribution in [0.25, 0.3) is 11.1 Å². The summed E-state index contributed by atoms with van der Waals surface area (Å²) in [6.07, 6.45) is 0. The van der Waals surface area contributed by atoms with E-state index in [9.17, 15) is 4.79 Å². The van der Waals surface area contributed by atoms with Crippen molar-refractivity contribution in [3.05, 3.63) is 46.2 Å². The molecule has 1 N–H and O–H groups in total. The molecule has 0 bridgehead atoms. The number of benzene rings is 1. The van der Waals surface area contributed by atoms with Gasteiger partial charge < -0.3 is 14.4 Å². The SMILES string of the molecule is CN(Cc1cccs1)c1nc2ccc(C(=O)O)cc2o1. The Kier molecular flexibility index (Phi) is 3.15. The number of aromatic nitrogens is 1. The summed E-state index contributed by atoms with van der Waals surface area (Å²) >= 11 is 1.67. The lowest BCUT2D eigenvalue weighted by Gasteiger charge is -2.12. The van der Waals surface area contributed by atoms with E-state index >= 15 is 0 Å².